The second-order valence-electron chi connectivity index (χ2n) is 3.71. The average molecular weight is 341 g/mol. The Bertz CT molecular complexity index is 351. The number of aliphatic hydroxyl groups excluding tert-OH is 1. The van der Waals surface area contributed by atoms with E-state index in [4.69, 9.17) is 20.3 Å². The minimum absolute atomic E-state index is 0. The van der Waals surface area contributed by atoms with Crippen LogP contribution < -0.4 is 15.2 Å². The van der Waals surface area contributed by atoms with Gasteiger partial charge in [0.1, 0.15) is 16.0 Å². The first kappa shape index (κ1) is 17.5. The van der Waals surface area contributed by atoms with E-state index in [9.17, 15) is 0 Å². The highest BCUT2D eigenvalue weighted by molar-refractivity contribution is 9.10. The fourth-order valence-corrected chi connectivity index (χ4v) is 2.13. The van der Waals surface area contributed by atoms with Crippen molar-refractivity contribution in [1.29, 1.82) is 0 Å². The predicted molar refractivity (Wildman–Crippen MR) is 77.7 cm³/mol. The van der Waals surface area contributed by atoms with Crippen molar-refractivity contribution in [2.24, 2.45) is 5.73 Å². The fourth-order valence-electron chi connectivity index (χ4n) is 1.58. The summed E-state index contributed by atoms with van der Waals surface area (Å²) < 4.78 is 11.3. The third kappa shape index (κ3) is 4.31. The van der Waals surface area contributed by atoms with E-state index in [1.165, 1.54) is 0 Å². The molecule has 0 amide bonds. The highest BCUT2D eigenvalue weighted by atomic mass is 79.9. The van der Waals surface area contributed by atoms with Crippen LogP contribution in [-0.2, 0) is 0 Å². The van der Waals surface area contributed by atoms with Gasteiger partial charge in [-0.15, -0.1) is 12.4 Å². The van der Waals surface area contributed by atoms with E-state index in [0.29, 0.717) is 17.9 Å². The Morgan fingerprint density at radius 2 is 1.78 bits per heavy atom. The van der Waals surface area contributed by atoms with E-state index in [1.807, 2.05) is 12.1 Å². The molecule has 6 heteroatoms. The molecule has 104 valence electrons. The van der Waals surface area contributed by atoms with Gasteiger partial charge >= 0.3 is 0 Å². The quantitative estimate of drug-likeness (QED) is 0.835. The molecule has 1 atom stereocenters. The Labute approximate surface area is 122 Å². The van der Waals surface area contributed by atoms with Crippen molar-refractivity contribution in [2.75, 3.05) is 20.8 Å². The maximum absolute atomic E-state index is 8.80. The summed E-state index contributed by atoms with van der Waals surface area (Å²) in [6.45, 7) is 0.151. The summed E-state index contributed by atoms with van der Waals surface area (Å²) in [6.07, 6.45) is 1.41. The maximum atomic E-state index is 8.80. The van der Waals surface area contributed by atoms with Gasteiger partial charge in [-0.25, -0.2) is 0 Å². The van der Waals surface area contributed by atoms with Gasteiger partial charge in [-0.3, -0.25) is 0 Å². The first-order valence-corrected chi connectivity index (χ1v) is 6.21. The van der Waals surface area contributed by atoms with Gasteiger partial charge in [0, 0.05) is 12.6 Å². The van der Waals surface area contributed by atoms with Gasteiger partial charge in [-0.2, -0.15) is 0 Å². The molecule has 4 nitrogen and oxygen atoms in total. The molecule has 0 unspecified atom stereocenters. The molecule has 0 aromatic heterocycles. The molecule has 0 heterocycles. The Hall–Kier alpha value is -0.490. The molecule has 0 saturated carbocycles. The molecule has 0 fully saturated rings. The van der Waals surface area contributed by atoms with Crippen LogP contribution in [0.25, 0.3) is 0 Å². The van der Waals surface area contributed by atoms with Crippen LogP contribution in [0.2, 0.25) is 0 Å². The van der Waals surface area contributed by atoms with Crippen molar-refractivity contribution in [2.45, 2.75) is 18.9 Å². The number of hydrogen-bond acceptors (Lipinski definition) is 4. The number of methoxy groups -OCH3 is 2. The molecule has 0 radical (unpaired) electrons. The van der Waals surface area contributed by atoms with Gasteiger partial charge in [0.15, 0.2) is 0 Å². The molecule has 18 heavy (non-hydrogen) atoms. The number of halogens is 2. The summed E-state index contributed by atoms with van der Waals surface area (Å²) in [5.74, 6) is 1.39. The monoisotopic (exact) mass is 339 g/mol. The first-order chi connectivity index (χ1) is 8.13. The third-order valence-corrected chi connectivity index (χ3v) is 3.35. The van der Waals surface area contributed by atoms with Crippen LogP contribution in [0.15, 0.2) is 16.6 Å². The van der Waals surface area contributed by atoms with Crippen LogP contribution in [0.4, 0.5) is 0 Å². The summed E-state index contributed by atoms with van der Waals surface area (Å²) in [6, 6.07) is 3.64. The molecule has 1 rings (SSSR count). The van der Waals surface area contributed by atoms with Crippen LogP contribution in [0.1, 0.15) is 24.4 Å². The van der Waals surface area contributed by atoms with Crippen molar-refractivity contribution in [3.63, 3.8) is 0 Å². The topological polar surface area (TPSA) is 64.7 Å². The highest BCUT2D eigenvalue weighted by Crippen LogP contribution is 2.37. The first-order valence-electron chi connectivity index (χ1n) is 5.41. The lowest BCUT2D eigenvalue weighted by molar-refractivity contribution is 0.280. The summed E-state index contributed by atoms with van der Waals surface area (Å²) in [7, 11) is 3.20. The lowest BCUT2D eigenvalue weighted by atomic mass is 10.0. The molecular weight excluding hydrogens is 321 g/mol. The van der Waals surface area contributed by atoms with Crippen LogP contribution in [0, 0.1) is 0 Å². The Morgan fingerprint density at radius 3 is 2.17 bits per heavy atom. The van der Waals surface area contributed by atoms with Crippen LogP contribution in [0.3, 0.4) is 0 Å². The zero-order valence-corrected chi connectivity index (χ0v) is 12.9. The number of hydrogen-bond donors (Lipinski definition) is 2. The van der Waals surface area contributed by atoms with Gasteiger partial charge in [-0.1, -0.05) is 0 Å². The standard InChI is InChI=1S/C12H18BrNO3.ClH/c1-16-10-6-8(9(14)4-3-5-15)7-11(17-2)12(10)13;/h6-7,9,15H,3-5,14H2,1-2H3;1H/t9-;/m1./s1. The molecule has 3 N–H and O–H groups in total. The van der Waals surface area contributed by atoms with Crippen molar-refractivity contribution >= 4 is 28.3 Å². The summed E-state index contributed by atoms with van der Waals surface area (Å²) >= 11 is 3.41. The smallest absolute Gasteiger partial charge is 0.137 e. The molecule has 1 aromatic carbocycles. The zero-order chi connectivity index (χ0) is 12.8. The molecule has 0 bridgehead atoms. The van der Waals surface area contributed by atoms with Crippen molar-refractivity contribution in [1.82, 2.24) is 0 Å². The van der Waals surface area contributed by atoms with Gasteiger partial charge in [0.2, 0.25) is 0 Å². The average Bonchev–Trinajstić information content (AvgIpc) is 2.36. The minimum atomic E-state index is -0.127. The number of ether oxygens (including phenoxy) is 2. The van der Waals surface area contributed by atoms with Crippen molar-refractivity contribution < 1.29 is 14.6 Å². The third-order valence-electron chi connectivity index (χ3n) is 2.57. The number of rotatable bonds is 6. The Balaban J connectivity index is 0.00000289. The van der Waals surface area contributed by atoms with Crippen molar-refractivity contribution in [3.8, 4) is 11.5 Å². The summed E-state index contributed by atoms with van der Waals surface area (Å²) in [4.78, 5) is 0. The fraction of sp³-hybridized carbons (Fsp3) is 0.500. The van der Waals surface area contributed by atoms with Crippen molar-refractivity contribution in [3.05, 3.63) is 22.2 Å². The van der Waals surface area contributed by atoms with E-state index in [1.54, 1.807) is 14.2 Å². The minimum Gasteiger partial charge on any atom is -0.495 e. The molecule has 0 spiro atoms. The molecular formula is C12H19BrClNO3. The van der Waals surface area contributed by atoms with Gasteiger partial charge in [0.05, 0.1) is 14.2 Å². The summed E-state index contributed by atoms with van der Waals surface area (Å²) in [5.41, 5.74) is 6.98. The number of nitrogens with two attached hydrogens (primary N) is 1. The van der Waals surface area contributed by atoms with E-state index in [0.717, 1.165) is 16.5 Å². The van der Waals surface area contributed by atoms with Crippen LogP contribution in [-0.4, -0.2) is 25.9 Å². The van der Waals surface area contributed by atoms with Gasteiger partial charge in [0.25, 0.3) is 0 Å². The molecule has 0 saturated heterocycles. The van der Waals surface area contributed by atoms with Crippen LogP contribution >= 0.6 is 28.3 Å². The largest absolute Gasteiger partial charge is 0.495 e. The van der Waals surface area contributed by atoms with Gasteiger partial charge < -0.3 is 20.3 Å². The summed E-state index contributed by atoms with van der Waals surface area (Å²) in [5, 5.41) is 8.80. The van der Waals surface area contributed by atoms with E-state index in [-0.39, 0.29) is 25.1 Å². The molecule has 0 aliphatic carbocycles. The molecule has 0 aliphatic heterocycles. The second-order valence-corrected chi connectivity index (χ2v) is 4.50. The SMILES string of the molecule is COc1cc([C@H](N)CCCO)cc(OC)c1Br.Cl. The normalized spacial score (nSPS) is 11.6. The zero-order valence-electron chi connectivity index (χ0n) is 10.5. The van der Waals surface area contributed by atoms with E-state index < -0.39 is 0 Å². The second kappa shape index (κ2) is 8.58. The maximum Gasteiger partial charge on any atom is 0.137 e. The molecule has 1 aromatic rings. The van der Waals surface area contributed by atoms with E-state index >= 15 is 0 Å². The van der Waals surface area contributed by atoms with Gasteiger partial charge in [-0.05, 0) is 46.5 Å². The number of aliphatic hydroxyl groups is 1. The van der Waals surface area contributed by atoms with E-state index in [2.05, 4.69) is 15.9 Å². The highest BCUT2D eigenvalue weighted by Gasteiger charge is 2.13. The Morgan fingerprint density at radius 1 is 1.28 bits per heavy atom. The predicted octanol–water partition coefficient (Wildman–Crippen LogP) is 2.66. The lowest BCUT2D eigenvalue weighted by Gasteiger charge is -2.16. The number of benzene rings is 1. The van der Waals surface area contributed by atoms with Crippen LogP contribution in [0.5, 0.6) is 11.5 Å². The molecule has 0 aliphatic rings. The Kier molecular flexibility index (Phi) is 8.35. The lowest BCUT2D eigenvalue weighted by Crippen LogP contribution is -2.11.